The molecule has 98 valence electrons. The molecular weight excluding hydrogens is 256 g/mol. The molecule has 1 N–H and O–H groups in total. The molecule has 0 spiro atoms. The van der Waals surface area contributed by atoms with Crippen molar-refractivity contribution in [1.29, 1.82) is 0 Å². The van der Waals surface area contributed by atoms with Crippen LogP contribution in [-0.2, 0) is 0 Å². The van der Waals surface area contributed by atoms with Crippen molar-refractivity contribution in [2.75, 3.05) is 0 Å². The molecule has 5 heteroatoms. The lowest BCUT2D eigenvalue weighted by Gasteiger charge is -1.99. The molecule has 3 rings (SSSR count). The van der Waals surface area contributed by atoms with Crippen LogP contribution in [-0.4, -0.2) is 26.7 Å². The molecule has 0 radical (unpaired) electrons. The molecule has 0 aliphatic heterocycles. The largest absolute Gasteiger partial charge is 0.475 e. The van der Waals surface area contributed by atoms with E-state index in [2.05, 4.69) is 4.98 Å². The highest BCUT2D eigenvalue weighted by Gasteiger charge is 2.16. The number of hydrogen-bond donors (Lipinski definition) is 1. The first-order valence-electron chi connectivity index (χ1n) is 5.96. The first-order valence-corrected chi connectivity index (χ1v) is 5.96. The van der Waals surface area contributed by atoms with Crippen LogP contribution >= 0.6 is 0 Å². The molecule has 5 nitrogen and oxygen atoms in total. The lowest BCUT2D eigenvalue weighted by atomic mass is 10.1. The number of pyridine rings is 1. The number of fused-ring (bicyclic) bond motifs is 1. The standard InChI is InChI=1S/C15H10N2O3/c18-9-10-4-6-11(7-5-10)13-12-3-1-2-8-17(12)14(16-13)15(19)20/h1-9H,(H,19,20). The molecular formula is C15H10N2O3. The van der Waals surface area contributed by atoms with E-state index < -0.39 is 5.97 Å². The van der Waals surface area contributed by atoms with Crippen molar-refractivity contribution in [3.05, 3.63) is 60.0 Å². The Morgan fingerprint density at radius 2 is 1.90 bits per heavy atom. The Kier molecular flexibility index (Phi) is 2.80. The third kappa shape index (κ3) is 1.85. The Hall–Kier alpha value is -2.95. The van der Waals surface area contributed by atoms with E-state index in [4.69, 9.17) is 0 Å². The fourth-order valence-corrected chi connectivity index (χ4v) is 2.12. The van der Waals surface area contributed by atoms with E-state index in [9.17, 15) is 14.7 Å². The lowest BCUT2D eigenvalue weighted by molar-refractivity contribution is 0.0682. The van der Waals surface area contributed by atoms with Crippen molar-refractivity contribution in [3.63, 3.8) is 0 Å². The predicted molar refractivity (Wildman–Crippen MR) is 73.0 cm³/mol. The van der Waals surface area contributed by atoms with E-state index in [1.807, 2.05) is 12.1 Å². The maximum absolute atomic E-state index is 11.2. The van der Waals surface area contributed by atoms with Gasteiger partial charge < -0.3 is 5.11 Å². The molecule has 2 aromatic heterocycles. The monoisotopic (exact) mass is 266 g/mol. The van der Waals surface area contributed by atoms with Crippen LogP contribution < -0.4 is 0 Å². The lowest BCUT2D eigenvalue weighted by Crippen LogP contribution is -2.02. The van der Waals surface area contributed by atoms with Crippen LogP contribution in [0.3, 0.4) is 0 Å². The van der Waals surface area contributed by atoms with Gasteiger partial charge in [0, 0.05) is 17.3 Å². The average molecular weight is 266 g/mol. The number of hydrogen-bond acceptors (Lipinski definition) is 3. The Bertz CT molecular complexity index is 804. The van der Waals surface area contributed by atoms with Gasteiger partial charge in [0.1, 0.15) is 6.29 Å². The minimum atomic E-state index is -1.08. The number of nitrogens with zero attached hydrogens (tertiary/aromatic N) is 2. The summed E-state index contributed by atoms with van der Waals surface area (Å²) in [7, 11) is 0. The van der Waals surface area contributed by atoms with Gasteiger partial charge in [-0.1, -0.05) is 30.3 Å². The molecule has 0 fully saturated rings. The summed E-state index contributed by atoms with van der Waals surface area (Å²) in [6, 6.07) is 12.2. The SMILES string of the molecule is O=Cc1ccc(-c2nc(C(=O)O)n3ccccc23)cc1. The quantitative estimate of drug-likeness (QED) is 0.739. The summed E-state index contributed by atoms with van der Waals surface area (Å²) in [5, 5.41) is 9.20. The van der Waals surface area contributed by atoms with Crippen LogP contribution in [0.1, 0.15) is 21.0 Å². The second-order valence-corrected chi connectivity index (χ2v) is 4.28. The molecule has 2 heterocycles. The Labute approximate surface area is 114 Å². The summed E-state index contributed by atoms with van der Waals surface area (Å²) in [5.74, 6) is -1.11. The molecule has 0 saturated carbocycles. The summed E-state index contributed by atoms with van der Waals surface area (Å²) in [6.45, 7) is 0. The predicted octanol–water partition coefficient (Wildman–Crippen LogP) is 2.51. The highest BCUT2D eigenvalue weighted by atomic mass is 16.4. The van der Waals surface area contributed by atoms with Crippen LogP contribution in [0.5, 0.6) is 0 Å². The maximum Gasteiger partial charge on any atom is 0.372 e. The number of carbonyl (C=O) groups is 2. The van der Waals surface area contributed by atoms with Crippen molar-refractivity contribution >= 4 is 17.8 Å². The highest BCUT2D eigenvalue weighted by molar-refractivity contribution is 5.90. The zero-order valence-electron chi connectivity index (χ0n) is 10.4. The van der Waals surface area contributed by atoms with Crippen molar-refractivity contribution in [2.45, 2.75) is 0 Å². The van der Waals surface area contributed by atoms with Crippen LogP contribution in [0, 0.1) is 0 Å². The van der Waals surface area contributed by atoms with Crippen molar-refractivity contribution in [2.24, 2.45) is 0 Å². The van der Waals surface area contributed by atoms with E-state index in [0.717, 1.165) is 11.8 Å². The number of aromatic nitrogens is 2. The molecule has 0 bridgehead atoms. The minimum Gasteiger partial charge on any atom is -0.475 e. The van der Waals surface area contributed by atoms with Crippen molar-refractivity contribution in [3.8, 4) is 11.3 Å². The zero-order chi connectivity index (χ0) is 14.1. The number of rotatable bonds is 3. The van der Waals surface area contributed by atoms with Gasteiger partial charge in [-0.25, -0.2) is 9.78 Å². The summed E-state index contributed by atoms with van der Waals surface area (Å²) in [6.07, 6.45) is 2.42. The fraction of sp³-hybridized carbons (Fsp3) is 0. The molecule has 0 aliphatic rings. The number of aldehydes is 1. The number of carboxylic acids is 1. The number of aromatic carboxylic acids is 1. The first kappa shape index (κ1) is 12.1. The molecule has 0 atom stereocenters. The van der Waals surface area contributed by atoms with Crippen LogP contribution in [0.15, 0.2) is 48.7 Å². The van der Waals surface area contributed by atoms with Gasteiger partial charge in [-0.2, -0.15) is 0 Å². The van der Waals surface area contributed by atoms with Crippen molar-refractivity contribution < 1.29 is 14.7 Å². The summed E-state index contributed by atoms with van der Waals surface area (Å²) in [4.78, 5) is 26.1. The Morgan fingerprint density at radius 1 is 1.15 bits per heavy atom. The smallest absolute Gasteiger partial charge is 0.372 e. The summed E-state index contributed by atoms with van der Waals surface area (Å²) >= 11 is 0. The third-order valence-corrected chi connectivity index (χ3v) is 3.06. The van der Waals surface area contributed by atoms with E-state index >= 15 is 0 Å². The van der Waals surface area contributed by atoms with Crippen molar-refractivity contribution in [1.82, 2.24) is 9.38 Å². The highest BCUT2D eigenvalue weighted by Crippen LogP contribution is 2.25. The normalized spacial score (nSPS) is 10.6. The van der Waals surface area contributed by atoms with Gasteiger partial charge in [0.15, 0.2) is 0 Å². The Morgan fingerprint density at radius 3 is 2.55 bits per heavy atom. The first-order chi connectivity index (χ1) is 9.70. The van der Waals surface area contributed by atoms with E-state index in [1.54, 1.807) is 36.5 Å². The Balaban J connectivity index is 2.24. The zero-order valence-corrected chi connectivity index (χ0v) is 10.4. The number of benzene rings is 1. The molecule has 0 aliphatic carbocycles. The molecule has 20 heavy (non-hydrogen) atoms. The third-order valence-electron chi connectivity index (χ3n) is 3.06. The fourth-order valence-electron chi connectivity index (χ4n) is 2.12. The van der Waals surface area contributed by atoms with Gasteiger partial charge >= 0.3 is 5.97 Å². The number of carboxylic acid groups (broad SMARTS) is 1. The second-order valence-electron chi connectivity index (χ2n) is 4.28. The van der Waals surface area contributed by atoms with Gasteiger partial charge in [-0.15, -0.1) is 0 Å². The summed E-state index contributed by atoms with van der Waals surface area (Å²) in [5.41, 5.74) is 2.63. The molecule has 0 amide bonds. The van der Waals surface area contributed by atoms with Gasteiger partial charge in [0.2, 0.25) is 5.82 Å². The van der Waals surface area contributed by atoms with Gasteiger partial charge in [0.25, 0.3) is 0 Å². The average Bonchev–Trinajstić information content (AvgIpc) is 2.87. The number of carbonyl (C=O) groups excluding carboxylic acids is 1. The van der Waals surface area contributed by atoms with Gasteiger partial charge in [-0.3, -0.25) is 9.20 Å². The minimum absolute atomic E-state index is 0.0323. The van der Waals surface area contributed by atoms with E-state index in [1.165, 1.54) is 4.40 Å². The van der Waals surface area contributed by atoms with E-state index in [0.29, 0.717) is 16.8 Å². The van der Waals surface area contributed by atoms with Crippen LogP contribution in [0.4, 0.5) is 0 Å². The second kappa shape index (κ2) is 4.62. The summed E-state index contributed by atoms with van der Waals surface area (Å²) < 4.78 is 1.53. The van der Waals surface area contributed by atoms with Gasteiger partial charge in [-0.05, 0) is 12.1 Å². The number of imidazole rings is 1. The molecule has 3 aromatic rings. The van der Waals surface area contributed by atoms with E-state index in [-0.39, 0.29) is 5.82 Å². The van der Waals surface area contributed by atoms with Crippen LogP contribution in [0.2, 0.25) is 0 Å². The molecule has 1 aromatic carbocycles. The maximum atomic E-state index is 11.2. The van der Waals surface area contributed by atoms with Crippen LogP contribution in [0.25, 0.3) is 16.8 Å². The van der Waals surface area contributed by atoms with Gasteiger partial charge in [0.05, 0.1) is 11.2 Å². The topological polar surface area (TPSA) is 71.7 Å². The molecule has 0 saturated heterocycles. The molecule has 0 unspecified atom stereocenters.